The van der Waals surface area contributed by atoms with Gasteiger partial charge in [-0.1, -0.05) is 54.1 Å². The molecular weight excluding hydrogens is 500 g/mol. The van der Waals surface area contributed by atoms with Crippen molar-refractivity contribution in [2.45, 2.75) is 18.4 Å². The molecule has 0 unspecified atom stereocenters. The summed E-state index contributed by atoms with van der Waals surface area (Å²) in [5.74, 6) is -0.154. The SMILES string of the molecule is Cc1cc(=O)[nH]c(-c2cccc(NC(=O)CN(Cc3ccccc3)S(=O)(=O)c3ccc(Cl)cc3)c2)n1. The molecule has 2 N–H and O–H groups in total. The molecule has 0 fully saturated rings. The summed E-state index contributed by atoms with van der Waals surface area (Å²) < 4.78 is 27.9. The Balaban J connectivity index is 1.58. The summed E-state index contributed by atoms with van der Waals surface area (Å²) in [5, 5.41) is 3.15. The number of carbonyl (C=O) groups excluding carboxylic acids is 1. The molecule has 1 heterocycles. The minimum Gasteiger partial charge on any atom is -0.325 e. The Bertz CT molecular complexity index is 1540. The molecule has 0 spiro atoms. The van der Waals surface area contributed by atoms with Gasteiger partial charge in [0.1, 0.15) is 5.82 Å². The minimum absolute atomic E-state index is 0.00765. The number of halogens is 1. The van der Waals surface area contributed by atoms with Crippen molar-refractivity contribution >= 4 is 33.2 Å². The fourth-order valence-electron chi connectivity index (χ4n) is 3.59. The van der Waals surface area contributed by atoms with E-state index >= 15 is 0 Å². The van der Waals surface area contributed by atoms with Crippen molar-refractivity contribution < 1.29 is 13.2 Å². The van der Waals surface area contributed by atoms with Gasteiger partial charge >= 0.3 is 0 Å². The number of anilines is 1. The van der Waals surface area contributed by atoms with Gasteiger partial charge in [-0.2, -0.15) is 4.31 Å². The van der Waals surface area contributed by atoms with Crippen LogP contribution in [-0.2, 0) is 21.4 Å². The average Bonchev–Trinajstić information content (AvgIpc) is 2.84. The van der Waals surface area contributed by atoms with E-state index in [1.807, 2.05) is 6.07 Å². The predicted molar refractivity (Wildman–Crippen MR) is 139 cm³/mol. The Labute approximate surface area is 213 Å². The number of sulfonamides is 1. The van der Waals surface area contributed by atoms with Crippen LogP contribution in [0.15, 0.2) is 94.6 Å². The summed E-state index contributed by atoms with van der Waals surface area (Å²) in [6.07, 6.45) is 0. The van der Waals surface area contributed by atoms with Gasteiger partial charge in [0.05, 0.1) is 11.4 Å². The first kappa shape index (κ1) is 25.3. The summed E-state index contributed by atoms with van der Waals surface area (Å²) in [4.78, 5) is 31.8. The second kappa shape index (κ2) is 10.9. The van der Waals surface area contributed by atoms with Crippen LogP contribution in [0.1, 0.15) is 11.3 Å². The molecular formula is C26H23ClN4O4S. The van der Waals surface area contributed by atoms with Gasteiger partial charge in [-0.05, 0) is 48.9 Å². The molecule has 1 amide bonds. The summed E-state index contributed by atoms with van der Waals surface area (Å²) in [6, 6.07) is 23.0. The highest BCUT2D eigenvalue weighted by atomic mass is 35.5. The van der Waals surface area contributed by atoms with Gasteiger partial charge in [0.25, 0.3) is 5.56 Å². The van der Waals surface area contributed by atoms with E-state index in [0.29, 0.717) is 27.8 Å². The maximum atomic E-state index is 13.4. The van der Waals surface area contributed by atoms with Crippen LogP contribution in [0.5, 0.6) is 0 Å². The number of nitrogens with one attached hydrogen (secondary N) is 2. The lowest BCUT2D eigenvalue weighted by Gasteiger charge is -2.22. The van der Waals surface area contributed by atoms with Crippen molar-refractivity contribution in [1.82, 2.24) is 14.3 Å². The molecule has 0 atom stereocenters. The second-order valence-corrected chi connectivity index (χ2v) is 10.5. The van der Waals surface area contributed by atoms with Crippen molar-refractivity contribution in [3.05, 3.63) is 112 Å². The van der Waals surface area contributed by atoms with Crippen molar-refractivity contribution in [3.8, 4) is 11.4 Å². The van der Waals surface area contributed by atoms with Crippen LogP contribution in [0.3, 0.4) is 0 Å². The number of nitrogens with zero attached hydrogens (tertiary/aromatic N) is 2. The molecule has 0 aliphatic rings. The van der Waals surface area contributed by atoms with Crippen LogP contribution in [0.4, 0.5) is 5.69 Å². The fourth-order valence-corrected chi connectivity index (χ4v) is 5.10. The molecule has 0 radical (unpaired) electrons. The molecule has 184 valence electrons. The number of rotatable bonds is 8. The highest BCUT2D eigenvalue weighted by molar-refractivity contribution is 7.89. The minimum atomic E-state index is -4.00. The van der Waals surface area contributed by atoms with Crippen LogP contribution in [0.25, 0.3) is 11.4 Å². The van der Waals surface area contributed by atoms with E-state index in [4.69, 9.17) is 11.6 Å². The normalized spacial score (nSPS) is 11.4. The Morgan fingerprint density at radius 2 is 1.72 bits per heavy atom. The van der Waals surface area contributed by atoms with Crippen LogP contribution in [0.2, 0.25) is 5.02 Å². The molecule has 0 bridgehead atoms. The zero-order chi connectivity index (χ0) is 25.7. The highest BCUT2D eigenvalue weighted by Gasteiger charge is 2.27. The highest BCUT2D eigenvalue weighted by Crippen LogP contribution is 2.22. The lowest BCUT2D eigenvalue weighted by molar-refractivity contribution is -0.116. The first-order valence-corrected chi connectivity index (χ1v) is 12.8. The molecule has 10 heteroatoms. The second-order valence-electron chi connectivity index (χ2n) is 8.08. The summed E-state index contributed by atoms with van der Waals surface area (Å²) in [6.45, 7) is 1.31. The Kier molecular flexibility index (Phi) is 7.64. The molecule has 0 aliphatic carbocycles. The summed E-state index contributed by atoms with van der Waals surface area (Å²) in [5.41, 5.74) is 2.05. The third-order valence-corrected chi connectivity index (χ3v) is 7.32. The van der Waals surface area contributed by atoms with Crippen LogP contribution in [-0.4, -0.2) is 35.1 Å². The van der Waals surface area contributed by atoms with Gasteiger partial charge in [-0.3, -0.25) is 9.59 Å². The standard InChI is InChI=1S/C26H23ClN4O4S/c1-18-14-24(32)30-26(28-18)20-8-5-9-22(15-20)29-25(33)17-31(16-19-6-3-2-4-7-19)36(34,35)23-12-10-21(27)11-13-23/h2-15H,16-17H2,1H3,(H,29,33)(H,28,30,32). The van der Waals surface area contributed by atoms with E-state index in [9.17, 15) is 18.0 Å². The number of hydrogen-bond donors (Lipinski definition) is 2. The molecule has 0 saturated carbocycles. The summed E-state index contributed by atoms with van der Waals surface area (Å²) in [7, 11) is -4.00. The van der Waals surface area contributed by atoms with E-state index in [-0.39, 0.29) is 17.0 Å². The number of amides is 1. The van der Waals surface area contributed by atoms with E-state index in [1.54, 1.807) is 55.5 Å². The average molecular weight is 523 g/mol. The smallest absolute Gasteiger partial charge is 0.251 e. The van der Waals surface area contributed by atoms with Gasteiger partial charge in [0, 0.05) is 34.6 Å². The largest absolute Gasteiger partial charge is 0.325 e. The zero-order valence-corrected chi connectivity index (χ0v) is 20.9. The van der Waals surface area contributed by atoms with Crippen molar-refractivity contribution in [1.29, 1.82) is 0 Å². The van der Waals surface area contributed by atoms with E-state index in [2.05, 4.69) is 15.3 Å². The number of hydrogen-bond acceptors (Lipinski definition) is 5. The molecule has 4 rings (SSSR count). The molecule has 4 aromatic rings. The Hall–Kier alpha value is -3.79. The van der Waals surface area contributed by atoms with E-state index in [0.717, 1.165) is 9.87 Å². The fraction of sp³-hybridized carbons (Fsp3) is 0.115. The summed E-state index contributed by atoms with van der Waals surface area (Å²) >= 11 is 5.92. The van der Waals surface area contributed by atoms with Crippen molar-refractivity contribution in [3.63, 3.8) is 0 Å². The molecule has 0 saturated heterocycles. The van der Waals surface area contributed by atoms with Gasteiger partial charge in [-0.15, -0.1) is 0 Å². The number of aromatic nitrogens is 2. The molecule has 36 heavy (non-hydrogen) atoms. The van der Waals surface area contributed by atoms with Crippen LogP contribution < -0.4 is 10.9 Å². The molecule has 8 nitrogen and oxygen atoms in total. The maximum Gasteiger partial charge on any atom is 0.251 e. The first-order valence-electron chi connectivity index (χ1n) is 11.0. The van der Waals surface area contributed by atoms with Gasteiger partial charge in [-0.25, -0.2) is 13.4 Å². The predicted octanol–water partition coefficient (Wildman–Crippen LogP) is 4.23. The van der Waals surface area contributed by atoms with Crippen molar-refractivity contribution in [2.75, 3.05) is 11.9 Å². The van der Waals surface area contributed by atoms with Crippen LogP contribution >= 0.6 is 11.6 Å². The van der Waals surface area contributed by atoms with Gasteiger partial charge in [0.2, 0.25) is 15.9 Å². The third-order valence-electron chi connectivity index (χ3n) is 5.26. The topological polar surface area (TPSA) is 112 Å². The number of aryl methyl sites for hydroxylation is 1. The lowest BCUT2D eigenvalue weighted by Crippen LogP contribution is -2.37. The van der Waals surface area contributed by atoms with E-state index < -0.39 is 22.5 Å². The number of benzene rings is 3. The monoisotopic (exact) mass is 522 g/mol. The maximum absolute atomic E-state index is 13.4. The first-order chi connectivity index (χ1) is 17.2. The van der Waals surface area contributed by atoms with E-state index in [1.165, 1.54) is 30.3 Å². The van der Waals surface area contributed by atoms with Crippen LogP contribution in [0, 0.1) is 6.92 Å². The lowest BCUT2D eigenvalue weighted by atomic mass is 10.2. The molecule has 1 aromatic heterocycles. The number of carbonyl (C=O) groups is 1. The third kappa shape index (κ3) is 6.25. The quantitative estimate of drug-likeness (QED) is 0.359. The molecule has 0 aliphatic heterocycles. The Morgan fingerprint density at radius 1 is 1.00 bits per heavy atom. The van der Waals surface area contributed by atoms with Crippen molar-refractivity contribution in [2.24, 2.45) is 0 Å². The van der Waals surface area contributed by atoms with Gasteiger partial charge < -0.3 is 10.3 Å². The number of H-pyrrole nitrogens is 1. The van der Waals surface area contributed by atoms with Gasteiger partial charge in [0.15, 0.2) is 0 Å². The zero-order valence-electron chi connectivity index (χ0n) is 19.3. The Morgan fingerprint density at radius 3 is 2.42 bits per heavy atom. The number of aromatic amines is 1. The molecule has 3 aromatic carbocycles.